The van der Waals surface area contributed by atoms with E-state index in [0.29, 0.717) is 19.6 Å². The fourth-order valence-electron chi connectivity index (χ4n) is 4.63. The lowest BCUT2D eigenvalue weighted by atomic mass is 10.1. The van der Waals surface area contributed by atoms with Crippen molar-refractivity contribution in [1.29, 1.82) is 0 Å². The van der Waals surface area contributed by atoms with Gasteiger partial charge < -0.3 is 14.6 Å². The summed E-state index contributed by atoms with van der Waals surface area (Å²) in [5.41, 5.74) is 0. The third-order valence-electron chi connectivity index (χ3n) is 7.22. The Morgan fingerprint density at radius 1 is 0.600 bits per heavy atom. The van der Waals surface area contributed by atoms with E-state index in [-0.39, 0.29) is 12.6 Å². The van der Waals surface area contributed by atoms with Crippen LogP contribution in [0.5, 0.6) is 0 Å². The monoisotopic (exact) mass is 562 g/mol. The first-order chi connectivity index (χ1) is 19.7. The van der Waals surface area contributed by atoms with Gasteiger partial charge in [-0.05, 0) is 51.4 Å². The molecule has 0 saturated heterocycles. The van der Waals surface area contributed by atoms with Gasteiger partial charge in [-0.1, -0.05) is 140 Å². The number of aliphatic hydroxyl groups is 1. The number of rotatable bonds is 31. The van der Waals surface area contributed by atoms with Crippen LogP contribution in [0.1, 0.15) is 162 Å². The molecule has 0 aliphatic rings. The quantitative estimate of drug-likeness (QED) is 0.0518. The van der Waals surface area contributed by atoms with Crippen LogP contribution >= 0.6 is 0 Å². The molecular formula is C36H66O4. The van der Waals surface area contributed by atoms with Gasteiger partial charge in [-0.2, -0.15) is 0 Å². The third kappa shape index (κ3) is 31.1. The van der Waals surface area contributed by atoms with Gasteiger partial charge in [-0.3, -0.25) is 4.79 Å². The molecule has 0 bridgehead atoms. The molecule has 4 nitrogen and oxygen atoms in total. The van der Waals surface area contributed by atoms with E-state index in [0.717, 1.165) is 32.1 Å². The van der Waals surface area contributed by atoms with E-state index < -0.39 is 6.10 Å². The lowest BCUT2D eigenvalue weighted by Crippen LogP contribution is -2.27. The highest BCUT2D eigenvalue weighted by Crippen LogP contribution is 2.11. The van der Waals surface area contributed by atoms with Gasteiger partial charge in [-0.25, -0.2) is 0 Å². The number of esters is 1. The zero-order valence-corrected chi connectivity index (χ0v) is 26.6. The highest BCUT2D eigenvalue weighted by molar-refractivity contribution is 5.69. The van der Waals surface area contributed by atoms with Gasteiger partial charge in [0, 0.05) is 13.0 Å². The molecule has 40 heavy (non-hydrogen) atoms. The molecule has 1 unspecified atom stereocenters. The van der Waals surface area contributed by atoms with Gasteiger partial charge in [-0.15, -0.1) is 0 Å². The Labute approximate surface area is 249 Å². The van der Waals surface area contributed by atoms with Gasteiger partial charge in [0.05, 0.1) is 13.2 Å². The molecule has 0 fully saturated rings. The summed E-state index contributed by atoms with van der Waals surface area (Å²) in [5, 5.41) is 9.46. The van der Waals surface area contributed by atoms with Crippen molar-refractivity contribution in [3.05, 3.63) is 36.5 Å². The van der Waals surface area contributed by atoms with Gasteiger partial charge in [0.2, 0.25) is 0 Å². The van der Waals surface area contributed by atoms with Gasteiger partial charge in [0.25, 0.3) is 0 Å². The van der Waals surface area contributed by atoms with Crippen LogP contribution in [0.2, 0.25) is 0 Å². The number of ether oxygens (including phenoxy) is 2. The van der Waals surface area contributed by atoms with Crippen LogP contribution in [0.15, 0.2) is 36.5 Å². The lowest BCUT2D eigenvalue weighted by Gasteiger charge is -2.15. The molecule has 1 N–H and O–H groups in total. The van der Waals surface area contributed by atoms with Crippen molar-refractivity contribution in [2.24, 2.45) is 0 Å². The van der Waals surface area contributed by atoms with Crippen molar-refractivity contribution < 1.29 is 19.4 Å². The number of hydrogen-bond donors (Lipinski definition) is 1. The highest BCUT2D eigenvalue weighted by atomic mass is 16.6. The summed E-state index contributed by atoms with van der Waals surface area (Å²) in [5.74, 6) is -0.215. The Kier molecular flexibility index (Phi) is 32.6. The Morgan fingerprint density at radius 2 is 1.05 bits per heavy atom. The predicted molar refractivity (Wildman–Crippen MR) is 173 cm³/mol. The molecule has 234 valence electrons. The zero-order chi connectivity index (χ0) is 29.2. The first-order valence-corrected chi connectivity index (χ1v) is 17.1. The summed E-state index contributed by atoms with van der Waals surface area (Å²) < 4.78 is 11.0. The maximum atomic E-state index is 11.9. The zero-order valence-electron chi connectivity index (χ0n) is 26.6. The summed E-state index contributed by atoms with van der Waals surface area (Å²) in [4.78, 5) is 11.9. The van der Waals surface area contributed by atoms with Gasteiger partial charge in [0.1, 0.15) is 6.10 Å². The third-order valence-corrected chi connectivity index (χ3v) is 7.22. The maximum absolute atomic E-state index is 11.9. The molecule has 0 saturated carbocycles. The molecule has 0 radical (unpaired) electrons. The fraction of sp³-hybridized carbons (Fsp3) is 0.806. The molecule has 0 rings (SSSR count). The molecular weight excluding hydrogens is 496 g/mol. The standard InChI is InChI=1S/C36H66O4/c1-3-5-7-9-11-12-13-14-15-16-17-18-19-20-21-22-23-24-25-26-28-30-32-39-34-35(33-37)40-36(38)31-29-27-10-8-6-4-2/h13-14,16-17,19-20,35,37H,3-12,15,18,21-34H2,1-2H3/b14-13-,17-16-,20-19-. The van der Waals surface area contributed by atoms with Crippen LogP contribution in [0, 0.1) is 0 Å². The fourth-order valence-corrected chi connectivity index (χ4v) is 4.63. The van der Waals surface area contributed by atoms with Gasteiger partial charge in [0.15, 0.2) is 0 Å². The molecule has 0 aliphatic carbocycles. The van der Waals surface area contributed by atoms with Crippen LogP contribution in [0.3, 0.4) is 0 Å². The van der Waals surface area contributed by atoms with Crippen LogP contribution in [-0.2, 0) is 14.3 Å². The summed E-state index contributed by atoms with van der Waals surface area (Å²) in [6.45, 7) is 5.25. The van der Waals surface area contributed by atoms with Crippen LogP contribution in [0.4, 0.5) is 0 Å². The van der Waals surface area contributed by atoms with Crippen molar-refractivity contribution in [2.75, 3.05) is 19.8 Å². The summed E-state index contributed by atoms with van der Waals surface area (Å²) in [6, 6.07) is 0. The second-order valence-corrected chi connectivity index (χ2v) is 11.2. The second kappa shape index (κ2) is 33.8. The molecule has 0 spiro atoms. The van der Waals surface area contributed by atoms with Crippen molar-refractivity contribution in [2.45, 2.75) is 168 Å². The molecule has 0 heterocycles. The Balaban J connectivity index is 3.44. The number of carbonyl (C=O) groups is 1. The molecule has 1 atom stereocenters. The Bertz CT molecular complexity index is 596. The van der Waals surface area contributed by atoms with E-state index in [1.54, 1.807) is 0 Å². The SMILES string of the molecule is CCCCCCC/C=C\C/C=C\C/C=C\CCCCCCCCCOCC(CO)OC(=O)CCCCCCCC. The summed E-state index contributed by atoms with van der Waals surface area (Å²) in [6.07, 6.45) is 40.6. The minimum absolute atomic E-state index is 0.176. The lowest BCUT2D eigenvalue weighted by molar-refractivity contribution is -0.154. The number of allylic oxidation sites excluding steroid dienone is 6. The van der Waals surface area contributed by atoms with Crippen molar-refractivity contribution in [3.8, 4) is 0 Å². The number of unbranched alkanes of at least 4 members (excludes halogenated alkanes) is 17. The molecule has 0 aromatic rings. The summed E-state index contributed by atoms with van der Waals surface area (Å²) in [7, 11) is 0. The van der Waals surface area contributed by atoms with E-state index in [1.807, 2.05) is 0 Å². The highest BCUT2D eigenvalue weighted by Gasteiger charge is 2.13. The van der Waals surface area contributed by atoms with Crippen LogP contribution < -0.4 is 0 Å². The maximum Gasteiger partial charge on any atom is 0.306 e. The topological polar surface area (TPSA) is 55.8 Å². The predicted octanol–water partition coefficient (Wildman–Crippen LogP) is 10.6. The normalized spacial score (nSPS) is 12.8. The minimum Gasteiger partial charge on any atom is -0.457 e. The first kappa shape index (κ1) is 38.6. The van der Waals surface area contributed by atoms with Gasteiger partial charge >= 0.3 is 5.97 Å². The van der Waals surface area contributed by atoms with Crippen molar-refractivity contribution in [1.82, 2.24) is 0 Å². The Hall–Kier alpha value is -1.39. The number of aliphatic hydroxyl groups excluding tert-OH is 1. The minimum atomic E-state index is -0.533. The number of hydrogen-bond acceptors (Lipinski definition) is 4. The Morgan fingerprint density at radius 3 is 1.57 bits per heavy atom. The average molecular weight is 563 g/mol. The largest absolute Gasteiger partial charge is 0.457 e. The average Bonchev–Trinajstić information content (AvgIpc) is 2.96. The molecule has 0 amide bonds. The molecule has 0 aliphatic heterocycles. The van der Waals surface area contributed by atoms with E-state index in [4.69, 9.17) is 9.47 Å². The van der Waals surface area contributed by atoms with Crippen LogP contribution in [-0.4, -0.2) is 37.0 Å². The van der Waals surface area contributed by atoms with Crippen LogP contribution in [0.25, 0.3) is 0 Å². The molecule has 0 aromatic carbocycles. The molecule has 0 aromatic heterocycles. The smallest absolute Gasteiger partial charge is 0.306 e. The second-order valence-electron chi connectivity index (χ2n) is 11.2. The molecule has 4 heteroatoms. The number of carbonyl (C=O) groups excluding carboxylic acids is 1. The van der Waals surface area contributed by atoms with E-state index in [9.17, 15) is 9.90 Å². The van der Waals surface area contributed by atoms with Crippen molar-refractivity contribution >= 4 is 5.97 Å². The van der Waals surface area contributed by atoms with Crippen molar-refractivity contribution in [3.63, 3.8) is 0 Å². The summed E-state index contributed by atoms with van der Waals surface area (Å²) >= 11 is 0. The van der Waals surface area contributed by atoms with E-state index in [2.05, 4.69) is 50.3 Å². The van der Waals surface area contributed by atoms with E-state index in [1.165, 1.54) is 109 Å². The first-order valence-electron chi connectivity index (χ1n) is 17.1. The van der Waals surface area contributed by atoms with E-state index >= 15 is 0 Å².